The molecule has 21 heavy (non-hydrogen) atoms. The Morgan fingerprint density at radius 2 is 1.86 bits per heavy atom. The fraction of sp³-hybridized carbons (Fsp3) is 0.111. The zero-order valence-corrected chi connectivity index (χ0v) is 11.4. The van der Waals surface area contributed by atoms with Crippen molar-refractivity contribution in [1.29, 1.82) is 0 Å². The number of pyridine rings is 1. The number of carbonyl (C=O) groups is 1. The molecule has 2 aromatic carbocycles. The van der Waals surface area contributed by atoms with E-state index in [4.69, 9.17) is 0 Å². The lowest BCUT2D eigenvalue weighted by Gasteiger charge is -2.14. The van der Waals surface area contributed by atoms with Crippen LogP contribution < -0.4 is 0 Å². The minimum Gasteiger partial charge on any atom is -0.481 e. The molecule has 1 heterocycles. The van der Waals surface area contributed by atoms with E-state index in [-0.39, 0.29) is 0 Å². The Morgan fingerprint density at radius 1 is 1.05 bits per heavy atom. The molecule has 0 spiro atoms. The molecule has 1 atom stereocenters. The third-order valence-corrected chi connectivity index (χ3v) is 3.70. The first kappa shape index (κ1) is 13.3. The van der Waals surface area contributed by atoms with Crippen molar-refractivity contribution in [2.75, 3.05) is 0 Å². The molecule has 1 N–H and O–H groups in total. The first-order chi connectivity index (χ1) is 10.3. The molecule has 0 bridgehead atoms. The molecule has 0 amide bonds. The quantitative estimate of drug-likeness (QED) is 0.792. The maximum absolute atomic E-state index is 11.6. The largest absolute Gasteiger partial charge is 0.481 e. The second kappa shape index (κ2) is 5.75. The van der Waals surface area contributed by atoms with Gasteiger partial charge < -0.3 is 5.11 Å². The van der Waals surface area contributed by atoms with Gasteiger partial charge >= 0.3 is 5.97 Å². The van der Waals surface area contributed by atoms with Crippen LogP contribution >= 0.6 is 0 Å². The minimum atomic E-state index is -0.799. The van der Waals surface area contributed by atoms with Crippen LogP contribution in [0.1, 0.15) is 17.0 Å². The van der Waals surface area contributed by atoms with E-state index in [1.165, 1.54) is 0 Å². The van der Waals surface area contributed by atoms with Gasteiger partial charge in [0.1, 0.15) is 0 Å². The number of aliphatic carboxylic acids is 1. The lowest BCUT2D eigenvalue weighted by Crippen LogP contribution is -2.14. The van der Waals surface area contributed by atoms with Gasteiger partial charge in [-0.3, -0.25) is 9.78 Å². The van der Waals surface area contributed by atoms with E-state index in [2.05, 4.69) is 4.98 Å². The molecule has 1 unspecified atom stereocenters. The van der Waals surface area contributed by atoms with Gasteiger partial charge in [0.25, 0.3) is 0 Å². The number of hydrogen-bond acceptors (Lipinski definition) is 2. The third-order valence-electron chi connectivity index (χ3n) is 3.70. The van der Waals surface area contributed by atoms with E-state index in [9.17, 15) is 9.90 Å². The Hall–Kier alpha value is -2.68. The molecular formula is C18H15NO2. The number of hydrogen-bond donors (Lipinski definition) is 1. The Morgan fingerprint density at radius 3 is 2.62 bits per heavy atom. The first-order valence-electron chi connectivity index (χ1n) is 6.85. The maximum atomic E-state index is 11.6. The zero-order chi connectivity index (χ0) is 14.7. The highest BCUT2D eigenvalue weighted by Gasteiger charge is 2.20. The molecule has 0 saturated heterocycles. The lowest BCUT2D eigenvalue weighted by molar-refractivity contribution is -0.138. The van der Waals surface area contributed by atoms with Crippen LogP contribution in [0.3, 0.4) is 0 Å². The predicted molar refractivity (Wildman–Crippen MR) is 82.3 cm³/mol. The Balaban J connectivity index is 2.01. The highest BCUT2D eigenvalue weighted by molar-refractivity contribution is 5.86. The summed E-state index contributed by atoms with van der Waals surface area (Å²) >= 11 is 0. The third kappa shape index (κ3) is 2.77. The minimum absolute atomic E-state index is 0.473. The molecule has 104 valence electrons. The molecule has 0 fully saturated rings. The van der Waals surface area contributed by atoms with E-state index in [1.54, 1.807) is 12.4 Å². The van der Waals surface area contributed by atoms with Crippen molar-refractivity contribution in [3.63, 3.8) is 0 Å². The summed E-state index contributed by atoms with van der Waals surface area (Å²) in [5.74, 6) is -1.34. The van der Waals surface area contributed by atoms with Crippen molar-refractivity contribution in [2.24, 2.45) is 0 Å². The Kier molecular flexibility index (Phi) is 3.65. The number of carboxylic acid groups (broad SMARTS) is 1. The van der Waals surface area contributed by atoms with Crippen molar-refractivity contribution in [1.82, 2.24) is 4.98 Å². The van der Waals surface area contributed by atoms with E-state index < -0.39 is 11.9 Å². The lowest BCUT2D eigenvalue weighted by atomic mass is 9.90. The molecule has 0 aliphatic carbocycles. The fourth-order valence-corrected chi connectivity index (χ4v) is 2.62. The molecule has 0 aliphatic rings. The number of carboxylic acids is 1. The smallest absolute Gasteiger partial charge is 0.311 e. The van der Waals surface area contributed by atoms with Gasteiger partial charge in [-0.05, 0) is 29.0 Å². The van der Waals surface area contributed by atoms with Crippen LogP contribution in [0.2, 0.25) is 0 Å². The van der Waals surface area contributed by atoms with Gasteiger partial charge in [-0.25, -0.2) is 0 Å². The van der Waals surface area contributed by atoms with Crippen LogP contribution in [0.15, 0.2) is 67.0 Å². The number of nitrogens with zero attached hydrogens (tertiary/aromatic N) is 1. The van der Waals surface area contributed by atoms with Crippen molar-refractivity contribution < 1.29 is 9.90 Å². The summed E-state index contributed by atoms with van der Waals surface area (Å²) in [7, 11) is 0. The van der Waals surface area contributed by atoms with Gasteiger partial charge in [0.05, 0.1) is 5.92 Å². The standard InChI is InChI=1S/C18H15NO2/c20-18(21)17(13-5-2-1-3-6-13)11-14-7-4-8-15-12-19-10-9-16(14)15/h1-10,12,17H,11H2,(H,20,21). The molecule has 3 rings (SSSR count). The number of rotatable bonds is 4. The zero-order valence-electron chi connectivity index (χ0n) is 11.4. The van der Waals surface area contributed by atoms with E-state index in [0.29, 0.717) is 6.42 Å². The normalized spacial score (nSPS) is 12.2. The van der Waals surface area contributed by atoms with Gasteiger partial charge in [0, 0.05) is 17.8 Å². The van der Waals surface area contributed by atoms with Crippen molar-refractivity contribution in [2.45, 2.75) is 12.3 Å². The summed E-state index contributed by atoms with van der Waals surface area (Å²) < 4.78 is 0. The van der Waals surface area contributed by atoms with E-state index in [1.807, 2.05) is 54.6 Å². The SMILES string of the molecule is O=C(O)C(Cc1cccc2cnccc12)c1ccccc1. The second-order valence-electron chi connectivity index (χ2n) is 5.02. The summed E-state index contributed by atoms with van der Waals surface area (Å²) in [6.07, 6.45) is 4.02. The van der Waals surface area contributed by atoms with Crippen molar-refractivity contribution in [3.8, 4) is 0 Å². The predicted octanol–water partition coefficient (Wildman–Crippen LogP) is 3.65. The van der Waals surface area contributed by atoms with Crippen LogP contribution in [0, 0.1) is 0 Å². The molecule has 0 aliphatic heterocycles. The van der Waals surface area contributed by atoms with Crippen LogP contribution in [0.25, 0.3) is 10.8 Å². The average molecular weight is 277 g/mol. The summed E-state index contributed by atoms with van der Waals surface area (Å²) in [5, 5.41) is 11.6. The summed E-state index contributed by atoms with van der Waals surface area (Å²) in [6.45, 7) is 0. The number of fused-ring (bicyclic) bond motifs is 1. The number of aromatic nitrogens is 1. The first-order valence-corrected chi connectivity index (χ1v) is 6.85. The molecule has 1 aromatic heterocycles. The Labute approximate surface area is 122 Å². The van der Waals surface area contributed by atoms with Gasteiger partial charge in [0.2, 0.25) is 0 Å². The molecule has 3 aromatic rings. The topological polar surface area (TPSA) is 50.2 Å². The maximum Gasteiger partial charge on any atom is 0.311 e. The highest BCUT2D eigenvalue weighted by Crippen LogP contribution is 2.25. The van der Waals surface area contributed by atoms with Crippen LogP contribution in [-0.4, -0.2) is 16.1 Å². The van der Waals surface area contributed by atoms with Crippen molar-refractivity contribution in [3.05, 3.63) is 78.1 Å². The van der Waals surface area contributed by atoms with Gasteiger partial charge in [-0.1, -0.05) is 48.5 Å². The monoisotopic (exact) mass is 277 g/mol. The average Bonchev–Trinajstić information content (AvgIpc) is 2.53. The second-order valence-corrected chi connectivity index (χ2v) is 5.02. The number of benzene rings is 2. The highest BCUT2D eigenvalue weighted by atomic mass is 16.4. The molecule has 3 nitrogen and oxygen atoms in total. The van der Waals surface area contributed by atoms with Crippen LogP contribution in [0.5, 0.6) is 0 Å². The van der Waals surface area contributed by atoms with Gasteiger partial charge in [0.15, 0.2) is 0 Å². The summed E-state index contributed by atoms with van der Waals surface area (Å²) in [4.78, 5) is 15.7. The molecule has 3 heteroatoms. The Bertz CT molecular complexity index is 763. The van der Waals surface area contributed by atoms with E-state index in [0.717, 1.165) is 21.9 Å². The summed E-state index contributed by atoms with van der Waals surface area (Å²) in [6, 6.07) is 17.2. The fourth-order valence-electron chi connectivity index (χ4n) is 2.62. The van der Waals surface area contributed by atoms with Gasteiger partial charge in [-0.2, -0.15) is 0 Å². The molecular weight excluding hydrogens is 262 g/mol. The molecule has 0 saturated carbocycles. The molecule has 0 radical (unpaired) electrons. The van der Waals surface area contributed by atoms with E-state index >= 15 is 0 Å². The van der Waals surface area contributed by atoms with Crippen LogP contribution in [0.4, 0.5) is 0 Å². The van der Waals surface area contributed by atoms with Crippen LogP contribution in [-0.2, 0) is 11.2 Å². The summed E-state index contributed by atoms with van der Waals surface area (Å²) in [5.41, 5.74) is 1.86. The van der Waals surface area contributed by atoms with Crippen molar-refractivity contribution >= 4 is 16.7 Å². The van der Waals surface area contributed by atoms with Gasteiger partial charge in [-0.15, -0.1) is 0 Å².